The molecule has 7 nitrogen and oxygen atoms in total. The number of aryl methyl sites for hydroxylation is 1. The van der Waals surface area contributed by atoms with Gasteiger partial charge in [0.2, 0.25) is 5.91 Å². The fourth-order valence-corrected chi connectivity index (χ4v) is 3.86. The van der Waals surface area contributed by atoms with E-state index >= 15 is 0 Å². The summed E-state index contributed by atoms with van der Waals surface area (Å²) in [6.45, 7) is 4.03. The van der Waals surface area contributed by atoms with Gasteiger partial charge >= 0.3 is 0 Å². The molecule has 1 unspecified atom stereocenters. The molecular weight excluding hydrogens is 400 g/mol. The molecule has 1 aromatic carbocycles. The third kappa shape index (κ3) is 8.85. The average Bonchev–Trinajstić information content (AvgIpc) is 3.16. The van der Waals surface area contributed by atoms with E-state index in [1.54, 1.807) is 26.0 Å². The number of rotatable bonds is 15. The van der Waals surface area contributed by atoms with Gasteiger partial charge in [0.05, 0.1) is 6.10 Å². The van der Waals surface area contributed by atoms with E-state index in [1.165, 1.54) is 5.56 Å². The SMILES string of the molecule is COCCCn1c(CCCCC(=O)NCC(C)OC)nnc1SCc1ccccc1. The van der Waals surface area contributed by atoms with Crippen molar-refractivity contribution >= 4 is 17.7 Å². The number of carbonyl (C=O) groups excluding carboxylic acids is 1. The van der Waals surface area contributed by atoms with Crippen LogP contribution in [0.2, 0.25) is 0 Å². The van der Waals surface area contributed by atoms with Crippen molar-refractivity contribution in [1.82, 2.24) is 20.1 Å². The highest BCUT2D eigenvalue weighted by Crippen LogP contribution is 2.23. The molecule has 1 aromatic heterocycles. The van der Waals surface area contributed by atoms with Crippen LogP contribution in [0.15, 0.2) is 35.5 Å². The number of carbonyl (C=O) groups is 1. The highest BCUT2D eigenvalue weighted by atomic mass is 32.2. The van der Waals surface area contributed by atoms with E-state index in [9.17, 15) is 4.79 Å². The Morgan fingerprint density at radius 3 is 2.70 bits per heavy atom. The Kier molecular flexibility index (Phi) is 11.5. The molecule has 0 aliphatic carbocycles. The summed E-state index contributed by atoms with van der Waals surface area (Å²) < 4.78 is 12.6. The van der Waals surface area contributed by atoms with Gasteiger partial charge in [-0.3, -0.25) is 4.79 Å². The number of benzene rings is 1. The average molecular weight is 435 g/mol. The molecule has 166 valence electrons. The van der Waals surface area contributed by atoms with Crippen LogP contribution in [0.1, 0.15) is 44.0 Å². The number of nitrogens with zero attached hydrogens (tertiary/aromatic N) is 3. The van der Waals surface area contributed by atoms with Crippen LogP contribution in [0.4, 0.5) is 0 Å². The van der Waals surface area contributed by atoms with E-state index in [1.807, 2.05) is 13.0 Å². The molecule has 2 aromatic rings. The van der Waals surface area contributed by atoms with E-state index < -0.39 is 0 Å². The van der Waals surface area contributed by atoms with Crippen LogP contribution in [0.5, 0.6) is 0 Å². The molecule has 1 heterocycles. The van der Waals surface area contributed by atoms with Crippen molar-refractivity contribution in [3.05, 3.63) is 41.7 Å². The van der Waals surface area contributed by atoms with Gasteiger partial charge in [0.25, 0.3) is 0 Å². The highest BCUT2D eigenvalue weighted by Gasteiger charge is 2.13. The van der Waals surface area contributed by atoms with E-state index in [-0.39, 0.29) is 12.0 Å². The minimum Gasteiger partial charge on any atom is -0.385 e. The fraction of sp³-hybridized carbons (Fsp3) is 0.591. The number of hydrogen-bond acceptors (Lipinski definition) is 6. The van der Waals surface area contributed by atoms with E-state index in [4.69, 9.17) is 9.47 Å². The molecule has 0 saturated heterocycles. The van der Waals surface area contributed by atoms with Crippen LogP contribution in [-0.2, 0) is 33.0 Å². The molecule has 2 rings (SSSR count). The Morgan fingerprint density at radius 1 is 1.17 bits per heavy atom. The van der Waals surface area contributed by atoms with E-state index in [0.717, 1.165) is 49.0 Å². The second-order valence-electron chi connectivity index (χ2n) is 7.23. The summed E-state index contributed by atoms with van der Waals surface area (Å²) in [5.74, 6) is 1.92. The number of unbranched alkanes of at least 4 members (excludes halogenated alkanes) is 1. The number of thioether (sulfide) groups is 1. The second-order valence-corrected chi connectivity index (χ2v) is 8.17. The van der Waals surface area contributed by atoms with Crippen molar-refractivity contribution in [3.8, 4) is 0 Å². The number of ether oxygens (including phenoxy) is 2. The molecular formula is C22H34N4O3S. The Labute approximate surface area is 183 Å². The maximum atomic E-state index is 11.9. The van der Waals surface area contributed by atoms with Crippen molar-refractivity contribution in [2.75, 3.05) is 27.4 Å². The number of nitrogens with one attached hydrogen (secondary N) is 1. The van der Waals surface area contributed by atoms with Gasteiger partial charge in [-0.15, -0.1) is 10.2 Å². The fourth-order valence-electron chi connectivity index (χ4n) is 2.92. The minimum absolute atomic E-state index is 0.0337. The first kappa shape index (κ1) is 24.4. The van der Waals surface area contributed by atoms with Gasteiger partial charge in [-0.05, 0) is 31.7 Å². The Morgan fingerprint density at radius 2 is 1.97 bits per heavy atom. The Bertz CT molecular complexity index is 739. The molecule has 0 radical (unpaired) electrons. The van der Waals surface area contributed by atoms with Gasteiger partial charge in [0.15, 0.2) is 5.16 Å². The maximum Gasteiger partial charge on any atom is 0.220 e. The molecule has 0 aliphatic rings. The van der Waals surface area contributed by atoms with Gasteiger partial charge in [-0.1, -0.05) is 42.1 Å². The molecule has 30 heavy (non-hydrogen) atoms. The largest absolute Gasteiger partial charge is 0.385 e. The van der Waals surface area contributed by atoms with Crippen LogP contribution in [0, 0.1) is 0 Å². The van der Waals surface area contributed by atoms with Crippen molar-refractivity contribution in [3.63, 3.8) is 0 Å². The maximum absolute atomic E-state index is 11.9. The molecule has 0 aliphatic heterocycles. The number of aromatic nitrogens is 3. The molecule has 0 fully saturated rings. The quantitative estimate of drug-likeness (QED) is 0.342. The van der Waals surface area contributed by atoms with Crippen molar-refractivity contribution in [1.29, 1.82) is 0 Å². The smallest absolute Gasteiger partial charge is 0.220 e. The third-order valence-corrected chi connectivity index (χ3v) is 5.82. The van der Waals surface area contributed by atoms with Gasteiger partial charge < -0.3 is 19.4 Å². The molecule has 1 N–H and O–H groups in total. The number of amides is 1. The molecule has 0 saturated carbocycles. The monoisotopic (exact) mass is 434 g/mol. The summed E-state index contributed by atoms with van der Waals surface area (Å²) in [5, 5.41) is 12.7. The van der Waals surface area contributed by atoms with Crippen LogP contribution >= 0.6 is 11.8 Å². The summed E-state index contributed by atoms with van der Waals surface area (Å²) in [4.78, 5) is 11.9. The predicted octanol–water partition coefficient (Wildman–Crippen LogP) is 3.47. The summed E-state index contributed by atoms with van der Waals surface area (Å²) >= 11 is 1.71. The lowest BCUT2D eigenvalue weighted by Gasteiger charge is -2.11. The predicted molar refractivity (Wildman–Crippen MR) is 120 cm³/mol. The lowest BCUT2D eigenvalue weighted by molar-refractivity contribution is -0.121. The van der Waals surface area contributed by atoms with E-state index in [0.29, 0.717) is 19.6 Å². The lowest BCUT2D eigenvalue weighted by atomic mass is 10.2. The Hall–Kier alpha value is -1.90. The summed E-state index contributed by atoms with van der Waals surface area (Å²) in [7, 11) is 3.36. The summed E-state index contributed by atoms with van der Waals surface area (Å²) in [6, 6.07) is 10.4. The van der Waals surface area contributed by atoms with Crippen molar-refractivity contribution < 1.29 is 14.3 Å². The third-order valence-electron chi connectivity index (χ3n) is 4.78. The second kappa shape index (κ2) is 14.2. The molecule has 0 bridgehead atoms. The van der Waals surface area contributed by atoms with E-state index in [2.05, 4.69) is 44.3 Å². The van der Waals surface area contributed by atoms with Gasteiger partial charge in [0, 0.05) is 52.5 Å². The zero-order valence-corrected chi connectivity index (χ0v) is 19.1. The lowest BCUT2D eigenvalue weighted by Crippen LogP contribution is -2.31. The zero-order chi connectivity index (χ0) is 21.6. The van der Waals surface area contributed by atoms with Crippen molar-refractivity contribution in [2.24, 2.45) is 0 Å². The topological polar surface area (TPSA) is 78.3 Å². The molecule has 8 heteroatoms. The molecule has 1 atom stereocenters. The normalized spacial score (nSPS) is 12.1. The zero-order valence-electron chi connectivity index (χ0n) is 18.3. The Balaban J connectivity index is 1.84. The first-order chi connectivity index (χ1) is 14.6. The summed E-state index contributed by atoms with van der Waals surface area (Å²) in [5.41, 5.74) is 1.27. The van der Waals surface area contributed by atoms with Crippen LogP contribution in [-0.4, -0.2) is 54.1 Å². The highest BCUT2D eigenvalue weighted by molar-refractivity contribution is 7.98. The van der Waals surface area contributed by atoms with Crippen LogP contribution in [0.25, 0.3) is 0 Å². The number of methoxy groups -OCH3 is 2. The van der Waals surface area contributed by atoms with Crippen molar-refractivity contribution in [2.45, 2.75) is 62.6 Å². The van der Waals surface area contributed by atoms with Crippen LogP contribution < -0.4 is 5.32 Å². The summed E-state index contributed by atoms with van der Waals surface area (Å²) in [6.07, 6.45) is 4.01. The minimum atomic E-state index is 0.0337. The van der Waals surface area contributed by atoms with Gasteiger partial charge in [-0.2, -0.15) is 0 Å². The standard InChI is InChI=1S/C22H34N4O3S/c1-18(29-3)16-23-21(27)13-8-7-12-20-24-25-22(26(20)14-9-15-28-2)30-17-19-10-5-4-6-11-19/h4-6,10-11,18H,7-9,12-17H2,1-3H3,(H,23,27). The molecule has 0 spiro atoms. The molecule has 1 amide bonds. The number of hydrogen-bond donors (Lipinski definition) is 1. The van der Waals surface area contributed by atoms with Gasteiger partial charge in [-0.25, -0.2) is 0 Å². The first-order valence-electron chi connectivity index (χ1n) is 10.5. The van der Waals surface area contributed by atoms with Crippen LogP contribution in [0.3, 0.4) is 0 Å². The first-order valence-corrected chi connectivity index (χ1v) is 11.5. The van der Waals surface area contributed by atoms with Gasteiger partial charge in [0.1, 0.15) is 5.82 Å².